The first-order valence-corrected chi connectivity index (χ1v) is 5.24. The van der Waals surface area contributed by atoms with E-state index in [4.69, 9.17) is 5.73 Å². The molecular weight excluding hydrogens is 230 g/mol. The number of benzene rings is 1. The summed E-state index contributed by atoms with van der Waals surface area (Å²) in [7, 11) is 0. The molecule has 1 atom stereocenters. The maximum Gasteiger partial charge on any atom is 0.130 e. The summed E-state index contributed by atoms with van der Waals surface area (Å²) in [4.78, 5) is 0. The molecule has 13 heavy (non-hydrogen) atoms. The van der Waals surface area contributed by atoms with Crippen molar-refractivity contribution in [2.75, 3.05) is 0 Å². The smallest absolute Gasteiger partial charge is 0.130 e. The van der Waals surface area contributed by atoms with Crippen LogP contribution in [-0.4, -0.2) is 5.11 Å². The van der Waals surface area contributed by atoms with Crippen molar-refractivity contribution in [3.05, 3.63) is 27.7 Å². The van der Waals surface area contributed by atoms with Crippen LogP contribution in [0.1, 0.15) is 30.0 Å². The maximum absolute atomic E-state index is 9.49. The van der Waals surface area contributed by atoms with Gasteiger partial charge in [0.1, 0.15) is 5.75 Å². The molecule has 0 amide bonds. The molecule has 1 unspecified atom stereocenters. The highest BCUT2D eigenvalue weighted by atomic mass is 79.9. The zero-order valence-corrected chi connectivity index (χ0v) is 8.84. The number of aromatic hydroxyl groups is 1. The van der Waals surface area contributed by atoms with E-state index in [0.717, 1.165) is 29.3 Å². The number of halogens is 1. The van der Waals surface area contributed by atoms with Crippen LogP contribution in [0.4, 0.5) is 0 Å². The Balaban J connectivity index is 2.52. The molecule has 1 aliphatic carbocycles. The highest BCUT2D eigenvalue weighted by Gasteiger charge is 2.18. The summed E-state index contributed by atoms with van der Waals surface area (Å²) in [5, 5.41) is 9.49. The SMILES string of the molecule is NC1CCCc2cc(Br)c(O)cc21. The average Bonchev–Trinajstić information content (AvgIpc) is 2.09. The maximum atomic E-state index is 9.49. The molecule has 2 rings (SSSR count). The van der Waals surface area contributed by atoms with E-state index < -0.39 is 0 Å². The summed E-state index contributed by atoms with van der Waals surface area (Å²) >= 11 is 3.30. The Morgan fingerprint density at radius 3 is 3.00 bits per heavy atom. The summed E-state index contributed by atoms with van der Waals surface area (Å²) in [5.74, 6) is 0.288. The number of phenolic OH excluding ortho intramolecular Hbond substituents is 1. The highest BCUT2D eigenvalue weighted by molar-refractivity contribution is 9.10. The second-order valence-corrected chi connectivity index (χ2v) is 4.36. The molecule has 0 aliphatic heterocycles. The van der Waals surface area contributed by atoms with E-state index in [-0.39, 0.29) is 11.8 Å². The summed E-state index contributed by atoms with van der Waals surface area (Å²) in [5.41, 5.74) is 8.31. The molecule has 2 nitrogen and oxygen atoms in total. The van der Waals surface area contributed by atoms with Crippen LogP contribution < -0.4 is 5.73 Å². The monoisotopic (exact) mass is 241 g/mol. The Hall–Kier alpha value is -0.540. The van der Waals surface area contributed by atoms with Crippen molar-refractivity contribution >= 4 is 15.9 Å². The third-order valence-electron chi connectivity index (χ3n) is 2.57. The minimum absolute atomic E-state index is 0.0998. The Labute approximate surface area is 85.9 Å². The summed E-state index contributed by atoms with van der Waals surface area (Å²) in [6.07, 6.45) is 3.24. The van der Waals surface area contributed by atoms with Crippen LogP contribution >= 0.6 is 15.9 Å². The first-order chi connectivity index (χ1) is 6.18. The Kier molecular flexibility index (Phi) is 2.30. The van der Waals surface area contributed by atoms with Crippen LogP contribution in [0.2, 0.25) is 0 Å². The van der Waals surface area contributed by atoms with Gasteiger partial charge >= 0.3 is 0 Å². The number of fused-ring (bicyclic) bond motifs is 1. The minimum Gasteiger partial charge on any atom is -0.507 e. The van der Waals surface area contributed by atoms with Crippen LogP contribution in [0.5, 0.6) is 5.75 Å². The summed E-state index contributed by atoms with van der Waals surface area (Å²) < 4.78 is 0.764. The molecule has 0 radical (unpaired) electrons. The standard InChI is InChI=1S/C10H12BrNO/c11-8-4-6-2-1-3-9(12)7(6)5-10(8)13/h4-5,9,13H,1-3,12H2. The predicted octanol–water partition coefficient (Wildman–Crippen LogP) is 2.49. The molecule has 0 bridgehead atoms. The first-order valence-electron chi connectivity index (χ1n) is 4.45. The van der Waals surface area contributed by atoms with Crippen LogP contribution in [0.15, 0.2) is 16.6 Å². The largest absolute Gasteiger partial charge is 0.507 e. The van der Waals surface area contributed by atoms with Gasteiger partial charge in [-0.05, 0) is 58.5 Å². The lowest BCUT2D eigenvalue weighted by molar-refractivity contribution is 0.467. The van der Waals surface area contributed by atoms with Crippen molar-refractivity contribution in [1.29, 1.82) is 0 Å². The molecule has 3 N–H and O–H groups in total. The van der Waals surface area contributed by atoms with Gasteiger partial charge in [0.15, 0.2) is 0 Å². The molecule has 0 saturated heterocycles. The number of rotatable bonds is 0. The van der Waals surface area contributed by atoms with Crippen molar-refractivity contribution in [3.8, 4) is 5.75 Å². The fraction of sp³-hybridized carbons (Fsp3) is 0.400. The lowest BCUT2D eigenvalue weighted by atomic mass is 9.88. The number of phenols is 1. The Bertz CT molecular complexity index is 338. The van der Waals surface area contributed by atoms with Crippen molar-refractivity contribution in [2.45, 2.75) is 25.3 Å². The second kappa shape index (κ2) is 3.31. The quantitative estimate of drug-likeness (QED) is 0.734. The zero-order chi connectivity index (χ0) is 9.42. The molecule has 0 fully saturated rings. The van der Waals surface area contributed by atoms with Crippen molar-refractivity contribution in [2.24, 2.45) is 5.73 Å². The molecule has 0 heterocycles. The number of nitrogens with two attached hydrogens (primary N) is 1. The summed E-state index contributed by atoms with van der Waals surface area (Å²) in [6.45, 7) is 0. The molecule has 1 aromatic carbocycles. The minimum atomic E-state index is 0.0998. The molecule has 3 heteroatoms. The fourth-order valence-electron chi connectivity index (χ4n) is 1.85. The van der Waals surface area contributed by atoms with E-state index >= 15 is 0 Å². The third-order valence-corrected chi connectivity index (χ3v) is 3.20. The molecule has 0 spiro atoms. The van der Waals surface area contributed by atoms with E-state index in [1.807, 2.05) is 6.07 Å². The van der Waals surface area contributed by atoms with Crippen LogP contribution in [-0.2, 0) is 6.42 Å². The van der Waals surface area contributed by atoms with Gasteiger partial charge in [0.25, 0.3) is 0 Å². The third kappa shape index (κ3) is 1.58. The van der Waals surface area contributed by atoms with Gasteiger partial charge in [0.05, 0.1) is 4.47 Å². The van der Waals surface area contributed by atoms with Gasteiger partial charge in [-0.15, -0.1) is 0 Å². The topological polar surface area (TPSA) is 46.2 Å². The van der Waals surface area contributed by atoms with E-state index in [2.05, 4.69) is 15.9 Å². The van der Waals surface area contributed by atoms with Crippen LogP contribution in [0.3, 0.4) is 0 Å². The van der Waals surface area contributed by atoms with E-state index in [9.17, 15) is 5.11 Å². The van der Waals surface area contributed by atoms with Gasteiger partial charge in [-0.3, -0.25) is 0 Å². The number of hydrogen-bond acceptors (Lipinski definition) is 2. The van der Waals surface area contributed by atoms with Crippen molar-refractivity contribution in [1.82, 2.24) is 0 Å². The van der Waals surface area contributed by atoms with Gasteiger partial charge < -0.3 is 10.8 Å². The average molecular weight is 242 g/mol. The molecular formula is C10H12BrNO. The van der Waals surface area contributed by atoms with E-state index in [0.29, 0.717) is 0 Å². The molecule has 1 aromatic rings. The van der Waals surface area contributed by atoms with Gasteiger partial charge in [-0.2, -0.15) is 0 Å². The summed E-state index contributed by atoms with van der Waals surface area (Å²) in [6, 6.07) is 3.86. The molecule has 1 aliphatic rings. The van der Waals surface area contributed by atoms with Crippen LogP contribution in [0, 0.1) is 0 Å². The lowest BCUT2D eigenvalue weighted by Gasteiger charge is -2.22. The van der Waals surface area contributed by atoms with Gasteiger partial charge in [0.2, 0.25) is 0 Å². The normalized spacial score (nSPS) is 21.2. The molecule has 0 saturated carbocycles. The second-order valence-electron chi connectivity index (χ2n) is 3.50. The predicted molar refractivity (Wildman–Crippen MR) is 55.7 cm³/mol. The van der Waals surface area contributed by atoms with Crippen LogP contribution in [0.25, 0.3) is 0 Å². The lowest BCUT2D eigenvalue weighted by Crippen LogP contribution is -2.17. The zero-order valence-electron chi connectivity index (χ0n) is 7.26. The van der Waals surface area contributed by atoms with E-state index in [1.165, 1.54) is 5.56 Å². The Morgan fingerprint density at radius 1 is 1.46 bits per heavy atom. The highest BCUT2D eigenvalue weighted by Crippen LogP contribution is 2.35. The van der Waals surface area contributed by atoms with E-state index in [1.54, 1.807) is 6.07 Å². The van der Waals surface area contributed by atoms with Crippen molar-refractivity contribution in [3.63, 3.8) is 0 Å². The van der Waals surface area contributed by atoms with Gasteiger partial charge in [0, 0.05) is 6.04 Å². The first kappa shape index (κ1) is 9.03. The number of hydrogen-bond donors (Lipinski definition) is 2. The number of aryl methyl sites for hydroxylation is 1. The fourth-order valence-corrected chi connectivity index (χ4v) is 2.24. The van der Waals surface area contributed by atoms with Crippen molar-refractivity contribution < 1.29 is 5.11 Å². The molecule has 0 aromatic heterocycles. The van der Waals surface area contributed by atoms with Gasteiger partial charge in [-0.25, -0.2) is 0 Å². The van der Waals surface area contributed by atoms with Gasteiger partial charge in [-0.1, -0.05) is 0 Å². The molecule has 70 valence electrons. The Morgan fingerprint density at radius 2 is 2.23 bits per heavy atom.